The summed E-state index contributed by atoms with van der Waals surface area (Å²) in [5.41, 5.74) is 0. The Hall–Kier alpha value is -1.33. The molecule has 9 nitrogen and oxygen atoms in total. The first-order valence-electron chi connectivity index (χ1n) is 28.9. The number of allylic oxidation sites excluding steroid dienone is 4. The minimum atomic E-state index is -1.54. The van der Waals surface area contributed by atoms with Gasteiger partial charge in [-0.2, -0.15) is 0 Å². The highest BCUT2D eigenvalue weighted by Crippen LogP contribution is 2.23. The number of hydrogen-bond acceptors (Lipinski definition) is 9. The highest BCUT2D eigenvalue weighted by Gasteiger charge is 2.44. The summed E-state index contributed by atoms with van der Waals surface area (Å²) >= 11 is 0. The summed E-state index contributed by atoms with van der Waals surface area (Å²) in [6.45, 7) is 4.61. The van der Waals surface area contributed by atoms with Gasteiger partial charge in [0.1, 0.15) is 30.5 Å². The maximum Gasteiger partial charge on any atom is 0.306 e. The predicted molar refractivity (Wildman–Crippen MR) is 279 cm³/mol. The number of carbonyl (C=O) groups excluding carboxylic acids is 1. The van der Waals surface area contributed by atoms with Crippen LogP contribution in [0, 0.1) is 0 Å². The fourth-order valence-corrected chi connectivity index (χ4v) is 9.11. The van der Waals surface area contributed by atoms with E-state index < -0.39 is 43.4 Å². The molecule has 1 fully saturated rings. The van der Waals surface area contributed by atoms with Crippen LogP contribution in [0.15, 0.2) is 24.3 Å². The van der Waals surface area contributed by atoms with E-state index in [0.29, 0.717) is 13.0 Å². The summed E-state index contributed by atoms with van der Waals surface area (Å²) in [6, 6.07) is 0. The minimum Gasteiger partial charge on any atom is -0.457 e. The molecule has 67 heavy (non-hydrogen) atoms. The lowest BCUT2D eigenvalue weighted by molar-refractivity contribution is -0.305. The molecule has 1 rings (SSSR count). The van der Waals surface area contributed by atoms with Gasteiger partial charge < -0.3 is 39.4 Å². The summed E-state index contributed by atoms with van der Waals surface area (Å²) in [6.07, 6.45) is 53.7. The second-order valence-corrected chi connectivity index (χ2v) is 20.1. The third kappa shape index (κ3) is 40.0. The molecule has 0 bridgehead atoms. The SMILES string of the molecule is CCCCCCC/C=C\C/C=C\CCCCCCCCCCCC(=O)OC(COCCCCCCCCCCCCCCCCCCCCCCCCC)COC1OC(CO)C(O)C(O)C1O. The molecule has 396 valence electrons. The predicted octanol–water partition coefficient (Wildman–Crippen LogP) is 14.9. The Morgan fingerprint density at radius 2 is 0.866 bits per heavy atom. The average Bonchev–Trinajstić information content (AvgIpc) is 3.33. The van der Waals surface area contributed by atoms with Crippen molar-refractivity contribution in [1.82, 2.24) is 0 Å². The van der Waals surface area contributed by atoms with Crippen molar-refractivity contribution in [2.24, 2.45) is 0 Å². The number of ether oxygens (including phenoxy) is 4. The van der Waals surface area contributed by atoms with E-state index in [1.807, 2.05) is 0 Å². The molecule has 1 heterocycles. The summed E-state index contributed by atoms with van der Waals surface area (Å²) < 4.78 is 23.0. The lowest BCUT2D eigenvalue weighted by atomic mass is 9.99. The lowest BCUT2D eigenvalue weighted by Gasteiger charge is -2.39. The van der Waals surface area contributed by atoms with Crippen molar-refractivity contribution in [3.63, 3.8) is 0 Å². The standard InChI is InChI=1S/C58H110O9/c1-3-5-7-9-11-13-15-17-19-21-23-25-26-28-30-32-34-36-38-40-42-44-46-48-64-50-52(51-65-58-57(63)56(62)55(61)53(49-59)67-58)66-54(60)47-45-43-41-39-37-35-33-31-29-27-24-22-20-18-16-14-12-10-8-6-4-2/h16,18,22,24,52-53,55-59,61-63H,3-15,17,19-21,23,25-51H2,1-2H3/b18-16-,24-22-. The highest BCUT2D eigenvalue weighted by atomic mass is 16.7. The Balaban J connectivity index is 2.14. The quantitative estimate of drug-likeness (QED) is 0.0267. The van der Waals surface area contributed by atoms with Gasteiger partial charge in [0.25, 0.3) is 0 Å². The molecule has 0 saturated carbocycles. The van der Waals surface area contributed by atoms with E-state index in [2.05, 4.69) is 38.2 Å². The van der Waals surface area contributed by atoms with Gasteiger partial charge in [-0.3, -0.25) is 4.79 Å². The molecule has 0 amide bonds. The van der Waals surface area contributed by atoms with Crippen LogP contribution in [0.5, 0.6) is 0 Å². The van der Waals surface area contributed by atoms with Crippen LogP contribution in [0.1, 0.15) is 277 Å². The highest BCUT2D eigenvalue weighted by molar-refractivity contribution is 5.69. The van der Waals surface area contributed by atoms with Gasteiger partial charge >= 0.3 is 5.97 Å². The Kier molecular flexibility index (Phi) is 47.2. The molecule has 0 spiro atoms. The zero-order chi connectivity index (χ0) is 48.5. The normalized spacial score (nSPS) is 19.3. The molecular weight excluding hydrogens is 841 g/mol. The Bertz CT molecular complexity index is 1080. The first-order chi connectivity index (χ1) is 32.9. The topological polar surface area (TPSA) is 135 Å². The van der Waals surface area contributed by atoms with E-state index in [9.17, 15) is 25.2 Å². The van der Waals surface area contributed by atoms with E-state index in [1.54, 1.807) is 0 Å². The number of rotatable bonds is 51. The molecular formula is C58H110O9. The van der Waals surface area contributed by atoms with Gasteiger partial charge in [-0.1, -0.05) is 250 Å². The number of carbonyl (C=O) groups is 1. The molecule has 0 radical (unpaired) electrons. The minimum absolute atomic E-state index is 0.110. The molecule has 0 aromatic carbocycles. The molecule has 4 N–H and O–H groups in total. The van der Waals surface area contributed by atoms with E-state index in [4.69, 9.17) is 18.9 Å². The van der Waals surface area contributed by atoms with Crippen LogP contribution in [-0.2, 0) is 23.7 Å². The molecule has 9 heteroatoms. The Labute approximate surface area is 413 Å². The van der Waals surface area contributed by atoms with Crippen LogP contribution in [-0.4, -0.2) is 89.6 Å². The summed E-state index contributed by atoms with van der Waals surface area (Å²) in [5, 5.41) is 40.3. The van der Waals surface area contributed by atoms with Crippen LogP contribution in [0.25, 0.3) is 0 Å². The third-order valence-electron chi connectivity index (χ3n) is 13.6. The van der Waals surface area contributed by atoms with Gasteiger partial charge in [0.2, 0.25) is 0 Å². The fraction of sp³-hybridized carbons (Fsp3) is 0.914. The third-order valence-corrected chi connectivity index (χ3v) is 13.6. The van der Waals surface area contributed by atoms with Crippen LogP contribution in [0.3, 0.4) is 0 Å². The van der Waals surface area contributed by atoms with Crippen molar-refractivity contribution in [2.75, 3.05) is 26.4 Å². The molecule has 0 aromatic rings. The van der Waals surface area contributed by atoms with Crippen LogP contribution < -0.4 is 0 Å². The molecule has 0 aromatic heterocycles. The van der Waals surface area contributed by atoms with Crippen LogP contribution in [0.2, 0.25) is 0 Å². The largest absolute Gasteiger partial charge is 0.457 e. The van der Waals surface area contributed by atoms with Gasteiger partial charge in [-0.15, -0.1) is 0 Å². The molecule has 1 saturated heterocycles. The Morgan fingerprint density at radius 1 is 0.478 bits per heavy atom. The second-order valence-electron chi connectivity index (χ2n) is 20.1. The van der Waals surface area contributed by atoms with E-state index >= 15 is 0 Å². The smallest absolute Gasteiger partial charge is 0.306 e. The van der Waals surface area contributed by atoms with Gasteiger partial charge in [-0.25, -0.2) is 0 Å². The summed E-state index contributed by atoms with van der Waals surface area (Å²) in [7, 11) is 0. The van der Waals surface area contributed by atoms with Gasteiger partial charge in [0, 0.05) is 13.0 Å². The van der Waals surface area contributed by atoms with E-state index in [1.165, 1.54) is 218 Å². The number of aliphatic hydroxyl groups is 4. The molecule has 1 aliphatic heterocycles. The van der Waals surface area contributed by atoms with E-state index in [-0.39, 0.29) is 19.2 Å². The second kappa shape index (κ2) is 49.6. The first kappa shape index (κ1) is 63.7. The van der Waals surface area contributed by atoms with Crippen LogP contribution >= 0.6 is 0 Å². The maximum atomic E-state index is 12.9. The zero-order valence-electron chi connectivity index (χ0n) is 43.9. The number of aliphatic hydroxyl groups excluding tert-OH is 4. The van der Waals surface area contributed by atoms with Crippen molar-refractivity contribution < 1.29 is 44.2 Å². The lowest BCUT2D eigenvalue weighted by Crippen LogP contribution is -2.59. The number of hydrogen-bond donors (Lipinski definition) is 4. The maximum absolute atomic E-state index is 12.9. The zero-order valence-corrected chi connectivity index (χ0v) is 43.9. The van der Waals surface area contributed by atoms with Crippen molar-refractivity contribution in [3.8, 4) is 0 Å². The molecule has 0 aliphatic carbocycles. The molecule has 6 atom stereocenters. The van der Waals surface area contributed by atoms with Gasteiger partial charge in [0.15, 0.2) is 6.29 Å². The Morgan fingerprint density at radius 3 is 1.28 bits per heavy atom. The monoisotopic (exact) mass is 951 g/mol. The number of unbranched alkanes of at least 4 members (excludes halogenated alkanes) is 36. The van der Waals surface area contributed by atoms with Crippen molar-refractivity contribution >= 4 is 5.97 Å². The molecule has 1 aliphatic rings. The first-order valence-corrected chi connectivity index (χ1v) is 28.9. The summed E-state index contributed by atoms with van der Waals surface area (Å²) in [5.74, 6) is -0.312. The van der Waals surface area contributed by atoms with Crippen molar-refractivity contribution in [2.45, 2.75) is 314 Å². The summed E-state index contributed by atoms with van der Waals surface area (Å²) in [4.78, 5) is 12.9. The number of esters is 1. The van der Waals surface area contributed by atoms with Crippen LogP contribution in [0.4, 0.5) is 0 Å². The van der Waals surface area contributed by atoms with Crippen molar-refractivity contribution in [3.05, 3.63) is 24.3 Å². The average molecular weight is 952 g/mol. The van der Waals surface area contributed by atoms with E-state index in [0.717, 1.165) is 38.5 Å². The van der Waals surface area contributed by atoms with Crippen molar-refractivity contribution in [1.29, 1.82) is 0 Å². The van der Waals surface area contributed by atoms with Gasteiger partial charge in [0.05, 0.1) is 19.8 Å². The van der Waals surface area contributed by atoms with Gasteiger partial charge in [-0.05, 0) is 44.9 Å². The fourth-order valence-electron chi connectivity index (χ4n) is 9.11. The molecule has 6 unspecified atom stereocenters.